The fourth-order valence-electron chi connectivity index (χ4n) is 1.89. The average Bonchev–Trinajstić information content (AvgIpc) is 2.48. The summed E-state index contributed by atoms with van der Waals surface area (Å²) < 4.78 is 5.17. The number of carbonyl (C=O) groups excluding carboxylic acids is 1. The second kappa shape index (κ2) is 6.59. The number of carbonyl (C=O) groups is 1. The van der Waals surface area contributed by atoms with Crippen molar-refractivity contribution in [3.05, 3.63) is 65.7 Å². The van der Waals surface area contributed by atoms with Gasteiger partial charge in [-0.2, -0.15) is 0 Å². The third kappa shape index (κ3) is 3.58. The maximum Gasteiger partial charge on any atom is 0.255 e. The Balaban J connectivity index is 1.91. The summed E-state index contributed by atoms with van der Waals surface area (Å²) in [6, 6.07) is 17.3. The van der Waals surface area contributed by atoms with Crippen LogP contribution in [0.5, 0.6) is 5.75 Å². The fraction of sp³-hybridized carbons (Fsp3) is 0.188. The maximum atomic E-state index is 12.0. The van der Waals surface area contributed by atoms with Crippen LogP contribution >= 0.6 is 0 Å². The van der Waals surface area contributed by atoms with Gasteiger partial charge in [0.25, 0.3) is 5.91 Å². The number of amides is 1. The van der Waals surface area contributed by atoms with Crippen molar-refractivity contribution in [3.63, 3.8) is 0 Å². The zero-order chi connectivity index (χ0) is 13.5. The van der Waals surface area contributed by atoms with Crippen molar-refractivity contribution in [3.8, 4) is 5.75 Å². The minimum absolute atomic E-state index is 0.103. The predicted octanol–water partition coefficient (Wildman–Crippen LogP) is 2.67. The largest absolute Gasteiger partial charge is 0.496 e. The maximum absolute atomic E-state index is 12.0. The van der Waals surface area contributed by atoms with Gasteiger partial charge < -0.3 is 10.1 Å². The van der Waals surface area contributed by atoms with Gasteiger partial charge in [-0.15, -0.1) is 0 Å². The molecule has 0 aromatic heterocycles. The Bertz CT molecular complexity index is 537. The predicted molar refractivity (Wildman–Crippen MR) is 75.5 cm³/mol. The molecule has 3 nitrogen and oxygen atoms in total. The molecule has 1 amide bonds. The quantitative estimate of drug-likeness (QED) is 0.892. The molecule has 0 fully saturated rings. The van der Waals surface area contributed by atoms with Gasteiger partial charge in [-0.3, -0.25) is 4.79 Å². The van der Waals surface area contributed by atoms with Crippen molar-refractivity contribution < 1.29 is 9.53 Å². The van der Waals surface area contributed by atoms with Crippen LogP contribution in [0.4, 0.5) is 0 Å². The van der Waals surface area contributed by atoms with E-state index in [0.717, 1.165) is 6.42 Å². The van der Waals surface area contributed by atoms with Crippen molar-refractivity contribution in [1.82, 2.24) is 5.32 Å². The van der Waals surface area contributed by atoms with E-state index in [2.05, 4.69) is 17.4 Å². The molecule has 0 aliphatic heterocycles. The first-order chi connectivity index (χ1) is 9.31. The molecule has 0 heterocycles. The molecule has 2 rings (SSSR count). The van der Waals surface area contributed by atoms with Gasteiger partial charge in [0.15, 0.2) is 0 Å². The van der Waals surface area contributed by atoms with Crippen LogP contribution in [0.1, 0.15) is 15.9 Å². The molecule has 0 saturated carbocycles. The zero-order valence-corrected chi connectivity index (χ0v) is 10.9. The fourth-order valence-corrected chi connectivity index (χ4v) is 1.89. The first-order valence-corrected chi connectivity index (χ1v) is 6.26. The summed E-state index contributed by atoms with van der Waals surface area (Å²) in [7, 11) is 1.57. The molecule has 0 saturated heterocycles. The van der Waals surface area contributed by atoms with E-state index >= 15 is 0 Å². The molecule has 0 aliphatic carbocycles. The van der Waals surface area contributed by atoms with Gasteiger partial charge in [0, 0.05) is 6.54 Å². The number of para-hydroxylation sites is 1. The van der Waals surface area contributed by atoms with Crippen LogP contribution in [0.3, 0.4) is 0 Å². The van der Waals surface area contributed by atoms with E-state index in [4.69, 9.17) is 4.74 Å². The molecule has 0 radical (unpaired) electrons. The summed E-state index contributed by atoms with van der Waals surface area (Å²) in [5.74, 6) is 0.494. The summed E-state index contributed by atoms with van der Waals surface area (Å²) in [6.45, 7) is 0.612. The number of ether oxygens (including phenoxy) is 1. The zero-order valence-electron chi connectivity index (χ0n) is 10.9. The molecule has 0 spiro atoms. The van der Waals surface area contributed by atoms with E-state index in [-0.39, 0.29) is 5.91 Å². The molecule has 19 heavy (non-hydrogen) atoms. The number of nitrogens with one attached hydrogen (secondary N) is 1. The molecule has 0 bridgehead atoms. The third-order valence-corrected chi connectivity index (χ3v) is 2.89. The number of rotatable bonds is 5. The lowest BCUT2D eigenvalue weighted by Crippen LogP contribution is -2.26. The van der Waals surface area contributed by atoms with Crippen LogP contribution in [0.15, 0.2) is 54.6 Å². The second-order valence-electron chi connectivity index (χ2n) is 4.19. The van der Waals surface area contributed by atoms with Gasteiger partial charge in [0.1, 0.15) is 5.75 Å². The molecular weight excluding hydrogens is 238 g/mol. The number of methoxy groups -OCH3 is 1. The van der Waals surface area contributed by atoms with Crippen LogP contribution in [0, 0.1) is 0 Å². The molecule has 0 unspecified atom stereocenters. The Morgan fingerprint density at radius 3 is 2.47 bits per heavy atom. The van der Waals surface area contributed by atoms with E-state index in [1.807, 2.05) is 30.3 Å². The molecule has 98 valence electrons. The van der Waals surface area contributed by atoms with E-state index in [1.165, 1.54) is 5.56 Å². The number of hydrogen-bond acceptors (Lipinski definition) is 2. The molecule has 2 aromatic rings. The lowest BCUT2D eigenvalue weighted by atomic mass is 10.1. The summed E-state index contributed by atoms with van der Waals surface area (Å²) in [6.07, 6.45) is 0.821. The Kier molecular flexibility index (Phi) is 4.56. The van der Waals surface area contributed by atoms with Crippen LogP contribution in [-0.4, -0.2) is 19.6 Å². The Morgan fingerprint density at radius 2 is 1.74 bits per heavy atom. The SMILES string of the molecule is COc1ccccc1C(=O)NCCc1ccccc1. The normalized spacial score (nSPS) is 9.95. The van der Waals surface area contributed by atoms with Crippen molar-refractivity contribution >= 4 is 5.91 Å². The van der Waals surface area contributed by atoms with Crippen LogP contribution in [0.2, 0.25) is 0 Å². The van der Waals surface area contributed by atoms with E-state index < -0.39 is 0 Å². The van der Waals surface area contributed by atoms with Gasteiger partial charge >= 0.3 is 0 Å². The van der Waals surface area contributed by atoms with Gasteiger partial charge in [0.2, 0.25) is 0 Å². The highest BCUT2D eigenvalue weighted by Gasteiger charge is 2.10. The molecule has 0 atom stereocenters. The first-order valence-electron chi connectivity index (χ1n) is 6.26. The van der Waals surface area contributed by atoms with Gasteiger partial charge in [-0.25, -0.2) is 0 Å². The first kappa shape index (κ1) is 13.1. The van der Waals surface area contributed by atoms with Crippen molar-refractivity contribution in [2.45, 2.75) is 6.42 Å². The minimum atomic E-state index is -0.103. The van der Waals surface area contributed by atoms with E-state index in [0.29, 0.717) is 17.9 Å². The molecular formula is C16H17NO2. The Labute approximate surface area is 113 Å². The molecule has 0 aliphatic rings. The summed E-state index contributed by atoms with van der Waals surface area (Å²) in [4.78, 5) is 12.0. The van der Waals surface area contributed by atoms with Crippen molar-refractivity contribution in [1.29, 1.82) is 0 Å². The Morgan fingerprint density at radius 1 is 1.05 bits per heavy atom. The van der Waals surface area contributed by atoms with Gasteiger partial charge in [0.05, 0.1) is 12.7 Å². The lowest BCUT2D eigenvalue weighted by molar-refractivity contribution is 0.0951. The minimum Gasteiger partial charge on any atom is -0.496 e. The summed E-state index contributed by atoms with van der Waals surface area (Å²) in [5.41, 5.74) is 1.78. The van der Waals surface area contributed by atoms with Gasteiger partial charge in [-0.05, 0) is 24.1 Å². The average molecular weight is 255 g/mol. The van der Waals surface area contributed by atoms with Crippen molar-refractivity contribution in [2.75, 3.05) is 13.7 Å². The standard InChI is InChI=1S/C16H17NO2/c1-19-15-10-6-5-9-14(15)16(18)17-12-11-13-7-3-2-4-8-13/h2-10H,11-12H2,1H3,(H,17,18). The van der Waals surface area contributed by atoms with Crippen LogP contribution in [-0.2, 0) is 6.42 Å². The van der Waals surface area contributed by atoms with E-state index in [9.17, 15) is 4.79 Å². The number of hydrogen-bond donors (Lipinski definition) is 1. The highest BCUT2D eigenvalue weighted by Crippen LogP contribution is 2.16. The van der Waals surface area contributed by atoms with Crippen molar-refractivity contribution in [2.24, 2.45) is 0 Å². The monoisotopic (exact) mass is 255 g/mol. The molecule has 1 N–H and O–H groups in total. The molecule has 3 heteroatoms. The van der Waals surface area contributed by atoms with Crippen LogP contribution < -0.4 is 10.1 Å². The lowest BCUT2D eigenvalue weighted by Gasteiger charge is -2.09. The van der Waals surface area contributed by atoms with Crippen LogP contribution in [0.25, 0.3) is 0 Å². The smallest absolute Gasteiger partial charge is 0.255 e. The Hall–Kier alpha value is -2.29. The number of benzene rings is 2. The second-order valence-corrected chi connectivity index (χ2v) is 4.19. The van der Waals surface area contributed by atoms with E-state index in [1.54, 1.807) is 19.2 Å². The highest BCUT2D eigenvalue weighted by atomic mass is 16.5. The highest BCUT2D eigenvalue weighted by molar-refractivity contribution is 5.96. The third-order valence-electron chi connectivity index (χ3n) is 2.89. The molecule has 2 aromatic carbocycles. The topological polar surface area (TPSA) is 38.3 Å². The van der Waals surface area contributed by atoms with Gasteiger partial charge in [-0.1, -0.05) is 42.5 Å². The summed E-state index contributed by atoms with van der Waals surface area (Å²) >= 11 is 0. The summed E-state index contributed by atoms with van der Waals surface area (Å²) in [5, 5.41) is 2.90.